The van der Waals surface area contributed by atoms with Gasteiger partial charge in [0.15, 0.2) is 0 Å². The second-order valence-electron chi connectivity index (χ2n) is 2.75. The van der Waals surface area contributed by atoms with E-state index in [1.54, 1.807) is 24.3 Å². The molecule has 0 aliphatic carbocycles. The SMILES string of the molecule is O=Nn1c(O[N+](=O)[O-])cc2ccccc21. The van der Waals surface area contributed by atoms with Gasteiger partial charge in [0.05, 0.1) is 10.8 Å². The number of aromatic nitrogens is 1. The summed E-state index contributed by atoms with van der Waals surface area (Å²) in [6.07, 6.45) is 0. The van der Waals surface area contributed by atoms with Crippen molar-refractivity contribution in [2.24, 2.45) is 5.29 Å². The van der Waals surface area contributed by atoms with Crippen LogP contribution in [-0.4, -0.2) is 9.76 Å². The van der Waals surface area contributed by atoms with Gasteiger partial charge in [-0.15, -0.1) is 15.0 Å². The summed E-state index contributed by atoms with van der Waals surface area (Å²) in [5.74, 6) is -0.212. The van der Waals surface area contributed by atoms with E-state index in [0.29, 0.717) is 10.9 Å². The maximum atomic E-state index is 10.5. The quantitative estimate of drug-likeness (QED) is 0.435. The van der Waals surface area contributed by atoms with Crippen molar-refractivity contribution in [1.82, 2.24) is 4.68 Å². The largest absolute Gasteiger partial charge is 0.301 e. The first kappa shape index (κ1) is 9.13. The number of fused-ring (bicyclic) bond motifs is 1. The molecule has 7 heteroatoms. The highest BCUT2D eigenvalue weighted by Crippen LogP contribution is 2.25. The second kappa shape index (κ2) is 3.37. The number of rotatable bonds is 3. The fraction of sp³-hybridized carbons (Fsp3) is 0. The Bertz CT molecular complexity index is 534. The first-order valence-corrected chi connectivity index (χ1v) is 3.99. The maximum absolute atomic E-state index is 10.5. The number of para-hydroxylation sites is 1. The fourth-order valence-electron chi connectivity index (χ4n) is 1.34. The average Bonchev–Trinajstić information content (AvgIpc) is 2.53. The molecule has 15 heavy (non-hydrogen) atoms. The summed E-state index contributed by atoms with van der Waals surface area (Å²) >= 11 is 0. The fourth-order valence-corrected chi connectivity index (χ4v) is 1.34. The van der Waals surface area contributed by atoms with Gasteiger partial charge >= 0.3 is 5.09 Å². The number of hydrogen-bond acceptors (Lipinski definition) is 5. The van der Waals surface area contributed by atoms with Gasteiger partial charge in [0.2, 0.25) is 5.88 Å². The molecule has 1 aromatic carbocycles. The van der Waals surface area contributed by atoms with Crippen molar-refractivity contribution >= 4 is 10.9 Å². The van der Waals surface area contributed by atoms with Crippen molar-refractivity contribution in [2.75, 3.05) is 0 Å². The second-order valence-corrected chi connectivity index (χ2v) is 2.75. The van der Waals surface area contributed by atoms with E-state index in [1.165, 1.54) is 6.07 Å². The van der Waals surface area contributed by atoms with Gasteiger partial charge in [-0.05, 0) is 12.1 Å². The zero-order chi connectivity index (χ0) is 10.8. The van der Waals surface area contributed by atoms with Crippen molar-refractivity contribution in [1.29, 1.82) is 0 Å². The summed E-state index contributed by atoms with van der Waals surface area (Å²) in [6.45, 7) is 0. The van der Waals surface area contributed by atoms with Crippen LogP contribution in [0, 0.1) is 15.0 Å². The van der Waals surface area contributed by atoms with E-state index in [9.17, 15) is 15.0 Å². The summed E-state index contributed by atoms with van der Waals surface area (Å²) in [4.78, 5) is 24.8. The Morgan fingerprint density at radius 1 is 1.40 bits per heavy atom. The highest BCUT2D eigenvalue weighted by Gasteiger charge is 2.11. The van der Waals surface area contributed by atoms with Gasteiger partial charge in [-0.2, -0.15) is 4.68 Å². The molecule has 2 aromatic rings. The minimum absolute atomic E-state index is 0.212. The van der Waals surface area contributed by atoms with Crippen molar-refractivity contribution in [3.8, 4) is 5.88 Å². The lowest BCUT2D eigenvalue weighted by molar-refractivity contribution is -0.712. The van der Waals surface area contributed by atoms with E-state index >= 15 is 0 Å². The lowest BCUT2D eigenvalue weighted by atomic mass is 10.3. The van der Waals surface area contributed by atoms with Crippen LogP contribution in [0.25, 0.3) is 10.9 Å². The van der Waals surface area contributed by atoms with E-state index in [2.05, 4.69) is 10.1 Å². The normalized spacial score (nSPS) is 10.1. The molecule has 0 saturated carbocycles. The molecule has 1 heterocycles. The summed E-state index contributed by atoms with van der Waals surface area (Å²) < 4.78 is 0.831. The van der Waals surface area contributed by atoms with Gasteiger partial charge in [0.1, 0.15) is 0 Å². The molecule has 1 aromatic heterocycles. The van der Waals surface area contributed by atoms with Crippen LogP contribution in [0.15, 0.2) is 35.6 Å². The van der Waals surface area contributed by atoms with Crippen LogP contribution >= 0.6 is 0 Å². The Labute approximate surface area is 82.9 Å². The van der Waals surface area contributed by atoms with E-state index < -0.39 is 5.09 Å². The third-order valence-corrected chi connectivity index (χ3v) is 1.90. The predicted octanol–water partition coefficient (Wildman–Crippen LogP) is 1.74. The van der Waals surface area contributed by atoms with Crippen molar-refractivity contribution in [2.45, 2.75) is 0 Å². The highest BCUT2D eigenvalue weighted by atomic mass is 17.0. The predicted molar refractivity (Wildman–Crippen MR) is 50.8 cm³/mol. The molecule has 76 valence electrons. The maximum Gasteiger partial charge on any atom is 0.301 e. The van der Waals surface area contributed by atoms with Crippen LogP contribution in [0.3, 0.4) is 0 Å². The highest BCUT2D eigenvalue weighted by molar-refractivity contribution is 5.82. The van der Waals surface area contributed by atoms with Gasteiger partial charge in [0, 0.05) is 5.39 Å². The number of benzene rings is 1. The molecule has 0 amide bonds. The zero-order valence-corrected chi connectivity index (χ0v) is 7.36. The summed E-state index contributed by atoms with van der Waals surface area (Å²) in [7, 11) is 0. The third-order valence-electron chi connectivity index (χ3n) is 1.90. The van der Waals surface area contributed by atoms with Crippen LogP contribution in [-0.2, 0) is 0 Å². The summed E-state index contributed by atoms with van der Waals surface area (Å²) in [6, 6.07) is 8.13. The summed E-state index contributed by atoms with van der Waals surface area (Å²) in [5.41, 5.74) is 0.462. The van der Waals surface area contributed by atoms with E-state index in [4.69, 9.17) is 0 Å². The minimum Gasteiger partial charge on any atom is -0.256 e. The van der Waals surface area contributed by atoms with Crippen LogP contribution in [0.5, 0.6) is 5.88 Å². The van der Waals surface area contributed by atoms with E-state index in [0.717, 1.165) is 4.68 Å². The average molecular weight is 207 g/mol. The Balaban J connectivity index is 2.63. The number of hydrogen-bond donors (Lipinski definition) is 0. The molecule has 0 radical (unpaired) electrons. The molecule has 2 rings (SSSR count). The smallest absolute Gasteiger partial charge is 0.256 e. The molecule has 0 N–H and O–H groups in total. The Kier molecular flexibility index (Phi) is 2.05. The van der Waals surface area contributed by atoms with Gasteiger partial charge in [-0.1, -0.05) is 18.2 Å². The lowest BCUT2D eigenvalue weighted by Gasteiger charge is -1.96. The molecule has 0 aliphatic rings. The van der Waals surface area contributed by atoms with Gasteiger partial charge < -0.3 is 0 Å². The van der Waals surface area contributed by atoms with Crippen molar-refractivity contribution < 1.29 is 9.92 Å². The Morgan fingerprint density at radius 3 is 2.80 bits per heavy atom. The van der Waals surface area contributed by atoms with Crippen LogP contribution in [0.2, 0.25) is 0 Å². The number of nitrogens with zero attached hydrogens (tertiary/aromatic N) is 3. The van der Waals surface area contributed by atoms with Crippen LogP contribution in [0.4, 0.5) is 0 Å². The molecule has 0 saturated heterocycles. The molecule has 0 atom stereocenters. The molecule has 0 unspecified atom stereocenters. The summed E-state index contributed by atoms with van der Waals surface area (Å²) in [5, 5.41) is 12.4. The first-order valence-electron chi connectivity index (χ1n) is 3.99. The van der Waals surface area contributed by atoms with Crippen molar-refractivity contribution in [3.05, 3.63) is 45.4 Å². The topological polar surface area (TPSA) is 86.7 Å². The molecule has 0 spiro atoms. The molecule has 0 aliphatic heterocycles. The monoisotopic (exact) mass is 207 g/mol. The van der Waals surface area contributed by atoms with E-state index in [-0.39, 0.29) is 5.88 Å². The molecular formula is C8H5N3O4. The molecule has 7 nitrogen and oxygen atoms in total. The van der Waals surface area contributed by atoms with Gasteiger partial charge in [-0.25, -0.2) is 0 Å². The van der Waals surface area contributed by atoms with Crippen LogP contribution in [0.1, 0.15) is 0 Å². The molecule has 0 bridgehead atoms. The molecule has 0 fully saturated rings. The molecular weight excluding hydrogens is 202 g/mol. The Morgan fingerprint density at radius 2 is 2.13 bits per heavy atom. The minimum atomic E-state index is -0.990. The van der Waals surface area contributed by atoms with Gasteiger partial charge in [-0.3, -0.25) is 4.84 Å². The van der Waals surface area contributed by atoms with Crippen molar-refractivity contribution in [3.63, 3.8) is 0 Å². The number of nitroso groups, excluding NO2 is 1. The van der Waals surface area contributed by atoms with Crippen LogP contribution < -0.4 is 4.84 Å². The van der Waals surface area contributed by atoms with E-state index in [1.807, 2.05) is 0 Å². The third kappa shape index (κ3) is 1.50. The standard InChI is InChI=1S/C8H5N3O4/c12-9-10-7-4-2-1-3-6(7)5-8(10)15-11(13)14/h1-5H. The first-order chi connectivity index (χ1) is 7.22. The zero-order valence-electron chi connectivity index (χ0n) is 7.36. The Hall–Kier alpha value is -2.44. The lowest BCUT2D eigenvalue weighted by Crippen LogP contribution is -2.06. The van der Waals surface area contributed by atoms with Gasteiger partial charge in [0.25, 0.3) is 0 Å².